The van der Waals surface area contributed by atoms with Crippen molar-refractivity contribution in [2.24, 2.45) is 0 Å². The van der Waals surface area contributed by atoms with Gasteiger partial charge in [-0.1, -0.05) is 0 Å². The number of pyridine rings is 1. The molecule has 9 heavy (non-hydrogen) atoms. The van der Waals surface area contributed by atoms with Crippen LogP contribution in [0.25, 0.3) is 0 Å². The number of anilines is 1. The average Bonchev–Trinajstić information content (AvgIpc) is 1.89. The van der Waals surface area contributed by atoms with Crippen LogP contribution in [0.1, 0.15) is 5.69 Å². The molecule has 0 aromatic carbocycles. The zero-order valence-electron chi connectivity index (χ0n) is 5.68. The van der Waals surface area contributed by atoms with Crippen LogP contribution in [0.3, 0.4) is 0 Å². The summed E-state index contributed by atoms with van der Waals surface area (Å²) in [5.41, 5.74) is 2.14. The van der Waals surface area contributed by atoms with E-state index in [1.807, 2.05) is 26.1 Å². The minimum absolute atomic E-state index is 1.04. The van der Waals surface area contributed by atoms with Gasteiger partial charge in [-0.3, -0.25) is 4.98 Å². The first-order valence-electron chi connectivity index (χ1n) is 2.94. The number of nitrogens with one attached hydrogen (secondary N) is 1. The Kier molecular flexibility index (Phi) is 1.68. The third-order valence-corrected chi connectivity index (χ3v) is 1.28. The zero-order valence-corrected chi connectivity index (χ0v) is 5.68. The first kappa shape index (κ1) is 6.08. The van der Waals surface area contributed by atoms with E-state index in [1.54, 1.807) is 6.20 Å². The van der Waals surface area contributed by atoms with Gasteiger partial charge in [0, 0.05) is 13.2 Å². The highest BCUT2D eigenvalue weighted by atomic mass is 14.9. The minimum atomic E-state index is 1.04. The molecule has 0 aliphatic heterocycles. The molecule has 0 aliphatic carbocycles. The SMILES string of the molecule is CNc1cccnc1C. The van der Waals surface area contributed by atoms with Gasteiger partial charge in [0.1, 0.15) is 0 Å². The van der Waals surface area contributed by atoms with Crippen LogP contribution >= 0.6 is 0 Å². The summed E-state index contributed by atoms with van der Waals surface area (Å²) in [6.07, 6.45) is 1.79. The van der Waals surface area contributed by atoms with Gasteiger partial charge < -0.3 is 5.32 Å². The maximum atomic E-state index is 4.09. The van der Waals surface area contributed by atoms with Crippen molar-refractivity contribution in [2.45, 2.75) is 6.92 Å². The average molecular weight is 122 g/mol. The summed E-state index contributed by atoms with van der Waals surface area (Å²) >= 11 is 0. The number of hydrogen-bond acceptors (Lipinski definition) is 2. The lowest BCUT2D eigenvalue weighted by atomic mass is 10.3. The quantitative estimate of drug-likeness (QED) is 0.609. The van der Waals surface area contributed by atoms with Crippen molar-refractivity contribution in [1.82, 2.24) is 4.98 Å². The summed E-state index contributed by atoms with van der Waals surface area (Å²) in [5.74, 6) is 0. The molecule has 2 heteroatoms. The standard InChI is InChI=1S/C7H10N2/c1-6-7(8-2)4-3-5-9-6/h3-5,8H,1-2H3. The van der Waals surface area contributed by atoms with Gasteiger partial charge in [-0.15, -0.1) is 0 Å². The van der Waals surface area contributed by atoms with Crippen LogP contribution in [-0.4, -0.2) is 12.0 Å². The summed E-state index contributed by atoms with van der Waals surface area (Å²) < 4.78 is 0. The second-order valence-corrected chi connectivity index (χ2v) is 1.89. The van der Waals surface area contributed by atoms with Gasteiger partial charge in [-0.2, -0.15) is 0 Å². The third-order valence-electron chi connectivity index (χ3n) is 1.28. The van der Waals surface area contributed by atoms with E-state index in [4.69, 9.17) is 0 Å². The Morgan fingerprint density at radius 3 is 2.78 bits per heavy atom. The lowest BCUT2D eigenvalue weighted by Gasteiger charge is -2.00. The van der Waals surface area contributed by atoms with Gasteiger partial charge in [0.15, 0.2) is 0 Å². The molecule has 48 valence electrons. The van der Waals surface area contributed by atoms with Gasteiger partial charge in [-0.05, 0) is 19.1 Å². The van der Waals surface area contributed by atoms with E-state index in [-0.39, 0.29) is 0 Å². The maximum absolute atomic E-state index is 4.09. The molecule has 0 fully saturated rings. The van der Waals surface area contributed by atoms with Crippen molar-refractivity contribution in [3.05, 3.63) is 24.0 Å². The van der Waals surface area contributed by atoms with Gasteiger partial charge in [0.2, 0.25) is 0 Å². The molecule has 0 saturated carbocycles. The number of hydrogen-bond donors (Lipinski definition) is 1. The molecule has 0 atom stereocenters. The van der Waals surface area contributed by atoms with Crippen LogP contribution in [0.2, 0.25) is 0 Å². The van der Waals surface area contributed by atoms with Crippen molar-refractivity contribution in [1.29, 1.82) is 0 Å². The number of aromatic nitrogens is 1. The van der Waals surface area contributed by atoms with Crippen molar-refractivity contribution >= 4 is 5.69 Å². The van der Waals surface area contributed by atoms with E-state index >= 15 is 0 Å². The van der Waals surface area contributed by atoms with Crippen molar-refractivity contribution in [3.63, 3.8) is 0 Å². The predicted molar refractivity (Wildman–Crippen MR) is 38.5 cm³/mol. The van der Waals surface area contributed by atoms with E-state index in [0.717, 1.165) is 11.4 Å². The van der Waals surface area contributed by atoms with Crippen LogP contribution in [0.15, 0.2) is 18.3 Å². The smallest absolute Gasteiger partial charge is 0.0603 e. The molecule has 1 aromatic heterocycles. The number of nitrogens with zero attached hydrogens (tertiary/aromatic N) is 1. The normalized spacial score (nSPS) is 9.11. The van der Waals surface area contributed by atoms with Gasteiger partial charge in [0.25, 0.3) is 0 Å². The first-order valence-corrected chi connectivity index (χ1v) is 2.94. The Balaban J connectivity index is 3.01. The van der Waals surface area contributed by atoms with Crippen LogP contribution < -0.4 is 5.32 Å². The van der Waals surface area contributed by atoms with Crippen molar-refractivity contribution in [2.75, 3.05) is 12.4 Å². The molecule has 0 spiro atoms. The van der Waals surface area contributed by atoms with Crippen molar-refractivity contribution in [3.8, 4) is 0 Å². The summed E-state index contributed by atoms with van der Waals surface area (Å²) in [7, 11) is 1.89. The fourth-order valence-corrected chi connectivity index (χ4v) is 0.748. The molecule has 0 saturated heterocycles. The molecule has 0 bridgehead atoms. The molecule has 1 heterocycles. The van der Waals surface area contributed by atoms with E-state index < -0.39 is 0 Å². The van der Waals surface area contributed by atoms with E-state index in [9.17, 15) is 0 Å². The van der Waals surface area contributed by atoms with E-state index in [0.29, 0.717) is 0 Å². The van der Waals surface area contributed by atoms with Gasteiger partial charge in [-0.25, -0.2) is 0 Å². The monoisotopic (exact) mass is 122 g/mol. The molecule has 1 aromatic rings. The topological polar surface area (TPSA) is 24.9 Å². The lowest BCUT2D eigenvalue weighted by Crippen LogP contribution is -1.92. The Labute approximate surface area is 54.9 Å². The molecule has 0 radical (unpaired) electrons. The molecule has 1 N–H and O–H groups in total. The van der Waals surface area contributed by atoms with Gasteiger partial charge in [0.05, 0.1) is 11.4 Å². The highest BCUT2D eigenvalue weighted by Crippen LogP contribution is 2.07. The second-order valence-electron chi connectivity index (χ2n) is 1.89. The van der Waals surface area contributed by atoms with Crippen LogP contribution in [-0.2, 0) is 0 Å². The predicted octanol–water partition coefficient (Wildman–Crippen LogP) is 1.43. The molecule has 0 aliphatic rings. The molecule has 0 unspecified atom stereocenters. The van der Waals surface area contributed by atoms with E-state index in [1.165, 1.54) is 0 Å². The van der Waals surface area contributed by atoms with Crippen molar-refractivity contribution < 1.29 is 0 Å². The first-order chi connectivity index (χ1) is 4.34. The largest absolute Gasteiger partial charge is 0.387 e. The lowest BCUT2D eigenvalue weighted by molar-refractivity contribution is 1.19. The van der Waals surface area contributed by atoms with Gasteiger partial charge >= 0.3 is 0 Å². The molecular weight excluding hydrogens is 112 g/mol. The maximum Gasteiger partial charge on any atom is 0.0603 e. The number of aryl methyl sites for hydroxylation is 1. The fraction of sp³-hybridized carbons (Fsp3) is 0.286. The van der Waals surface area contributed by atoms with E-state index in [2.05, 4.69) is 10.3 Å². The van der Waals surface area contributed by atoms with Crippen LogP contribution in [0.5, 0.6) is 0 Å². The minimum Gasteiger partial charge on any atom is -0.387 e. The van der Waals surface area contributed by atoms with Crippen LogP contribution in [0, 0.1) is 6.92 Å². The molecular formula is C7H10N2. The zero-order chi connectivity index (χ0) is 6.69. The summed E-state index contributed by atoms with van der Waals surface area (Å²) in [4.78, 5) is 4.09. The molecule has 1 rings (SSSR count). The highest BCUT2D eigenvalue weighted by molar-refractivity contribution is 5.45. The highest BCUT2D eigenvalue weighted by Gasteiger charge is 1.90. The summed E-state index contributed by atoms with van der Waals surface area (Å²) in [6.45, 7) is 1.98. The third kappa shape index (κ3) is 1.19. The fourth-order valence-electron chi connectivity index (χ4n) is 0.748. The Morgan fingerprint density at radius 1 is 1.56 bits per heavy atom. The summed E-state index contributed by atoms with van der Waals surface area (Å²) in [6, 6.07) is 3.92. The number of rotatable bonds is 1. The second kappa shape index (κ2) is 2.49. The van der Waals surface area contributed by atoms with Crippen LogP contribution in [0.4, 0.5) is 5.69 Å². The Hall–Kier alpha value is -1.05. The Morgan fingerprint density at radius 2 is 2.33 bits per heavy atom. The molecule has 2 nitrogen and oxygen atoms in total. The summed E-state index contributed by atoms with van der Waals surface area (Å²) in [5, 5.41) is 3.03. The Bertz CT molecular complexity index is 196. The molecule has 0 amide bonds.